The lowest BCUT2D eigenvalue weighted by Gasteiger charge is -2.28. The van der Waals surface area contributed by atoms with Gasteiger partial charge in [-0.05, 0) is 12.8 Å². The van der Waals surface area contributed by atoms with Crippen molar-refractivity contribution in [1.29, 1.82) is 0 Å². The Bertz CT molecular complexity index is 431. The zero-order valence-corrected chi connectivity index (χ0v) is 20.5. The molecule has 0 aliphatic carbocycles. The van der Waals surface area contributed by atoms with Crippen LogP contribution in [0.5, 0.6) is 0 Å². The zero-order chi connectivity index (χ0) is 25.1. The lowest BCUT2D eigenvalue weighted by Crippen LogP contribution is -2.49. The van der Waals surface area contributed by atoms with Crippen molar-refractivity contribution in [3.63, 3.8) is 0 Å². The highest BCUT2D eigenvalue weighted by molar-refractivity contribution is 4.81. The van der Waals surface area contributed by atoms with E-state index in [0.717, 1.165) is 19.3 Å². The van der Waals surface area contributed by atoms with E-state index in [2.05, 4.69) is 6.92 Å². The number of rotatable bonds is 23. The summed E-state index contributed by atoms with van der Waals surface area (Å²) in [5, 5.41) is 67.9. The van der Waals surface area contributed by atoms with E-state index >= 15 is 0 Å². The van der Waals surface area contributed by atoms with Gasteiger partial charge in [0.15, 0.2) is 6.29 Å². The van der Waals surface area contributed by atoms with E-state index in [0.29, 0.717) is 6.42 Å². The fraction of sp³-hybridized carbons (Fsp3) is 1.00. The molecule has 0 rings (SSSR count). The third-order valence-corrected chi connectivity index (χ3v) is 6.11. The Balaban J connectivity index is 3.88. The van der Waals surface area contributed by atoms with Gasteiger partial charge in [-0.2, -0.15) is 0 Å². The van der Waals surface area contributed by atoms with Crippen LogP contribution in [0.3, 0.4) is 0 Å². The van der Waals surface area contributed by atoms with Gasteiger partial charge in [-0.3, -0.25) is 0 Å². The first kappa shape index (κ1) is 32.6. The van der Waals surface area contributed by atoms with Crippen molar-refractivity contribution >= 4 is 0 Å². The lowest BCUT2D eigenvalue weighted by atomic mass is 10.00. The van der Waals surface area contributed by atoms with E-state index in [1.54, 1.807) is 0 Å². The Morgan fingerprint density at radius 3 is 1.55 bits per heavy atom. The van der Waals surface area contributed by atoms with Gasteiger partial charge in [0.2, 0.25) is 0 Å². The van der Waals surface area contributed by atoms with Crippen LogP contribution in [0.15, 0.2) is 0 Å². The summed E-state index contributed by atoms with van der Waals surface area (Å²) >= 11 is 0. The van der Waals surface area contributed by atoms with Gasteiger partial charge in [-0.15, -0.1) is 0 Å². The average Bonchev–Trinajstić information content (AvgIpc) is 2.81. The first-order valence-corrected chi connectivity index (χ1v) is 12.8. The molecular weight excluding hydrogens is 430 g/mol. The zero-order valence-electron chi connectivity index (χ0n) is 20.5. The Kier molecular flexibility index (Phi) is 20.7. The number of aliphatic hydroxyl groups excluding tert-OH is 7. The average molecular weight is 482 g/mol. The second-order valence-corrected chi connectivity index (χ2v) is 9.18. The molecule has 0 aliphatic heterocycles. The molecule has 200 valence electrons. The van der Waals surface area contributed by atoms with Gasteiger partial charge >= 0.3 is 0 Å². The number of hydrogen-bond acceptors (Lipinski definition) is 9. The van der Waals surface area contributed by atoms with Crippen molar-refractivity contribution in [2.75, 3.05) is 13.2 Å². The van der Waals surface area contributed by atoms with Gasteiger partial charge < -0.3 is 46.2 Å². The second-order valence-electron chi connectivity index (χ2n) is 9.18. The number of nitrogens with two attached hydrogens (primary N) is 1. The Morgan fingerprint density at radius 2 is 1.06 bits per heavy atom. The first-order chi connectivity index (χ1) is 15.8. The summed E-state index contributed by atoms with van der Waals surface area (Å²) in [5.74, 6) is 0. The number of unbranched alkanes of at least 4 members (excludes halogenated alkanes) is 11. The minimum atomic E-state index is -1.85. The molecule has 33 heavy (non-hydrogen) atoms. The maximum atomic E-state index is 10.2. The summed E-state index contributed by atoms with van der Waals surface area (Å²) in [6.45, 7) is 1.47. The van der Waals surface area contributed by atoms with Gasteiger partial charge in [-0.1, -0.05) is 84.0 Å². The van der Waals surface area contributed by atoms with Crippen molar-refractivity contribution in [2.24, 2.45) is 5.73 Å². The van der Waals surface area contributed by atoms with E-state index in [4.69, 9.17) is 15.6 Å². The van der Waals surface area contributed by atoms with Crippen molar-refractivity contribution < 1.29 is 40.5 Å². The normalized spacial score (nSPS) is 18.5. The largest absolute Gasteiger partial charge is 0.396 e. The van der Waals surface area contributed by atoms with Crippen LogP contribution in [-0.4, -0.2) is 91.8 Å². The van der Waals surface area contributed by atoms with Crippen LogP contribution in [0.4, 0.5) is 0 Å². The van der Waals surface area contributed by atoms with Gasteiger partial charge in [-0.25, -0.2) is 0 Å². The molecule has 9 nitrogen and oxygen atoms in total. The van der Waals surface area contributed by atoms with Crippen LogP contribution in [0.2, 0.25) is 0 Å². The monoisotopic (exact) mass is 481 g/mol. The summed E-state index contributed by atoms with van der Waals surface area (Å²) in [6.07, 6.45) is 5.64. The highest BCUT2D eigenvalue weighted by Crippen LogP contribution is 2.15. The molecule has 0 aromatic carbocycles. The molecule has 0 spiro atoms. The summed E-state index contributed by atoms with van der Waals surface area (Å²) < 4.78 is 4.98. The number of ether oxygens (including phenoxy) is 1. The minimum Gasteiger partial charge on any atom is -0.396 e. The number of hydrogen-bond donors (Lipinski definition) is 8. The molecule has 0 aromatic rings. The number of aliphatic hydroxyl groups is 7. The van der Waals surface area contributed by atoms with Gasteiger partial charge in [0.1, 0.15) is 12.2 Å². The summed E-state index contributed by atoms with van der Waals surface area (Å²) in [5.41, 5.74) is 5.81. The molecule has 9 N–H and O–H groups in total. The summed E-state index contributed by atoms with van der Waals surface area (Å²) in [4.78, 5) is 0. The summed E-state index contributed by atoms with van der Waals surface area (Å²) in [7, 11) is 0. The Hall–Kier alpha value is -0.360. The lowest BCUT2D eigenvalue weighted by molar-refractivity contribution is -0.207. The quantitative estimate of drug-likeness (QED) is 0.0779. The van der Waals surface area contributed by atoms with Gasteiger partial charge in [0.05, 0.1) is 31.0 Å². The van der Waals surface area contributed by atoms with Crippen LogP contribution in [0.1, 0.15) is 96.8 Å². The van der Waals surface area contributed by atoms with E-state index < -0.39 is 49.5 Å². The molecule has 0 saturated heterocycles. The molecule has 7 atom stereocenters. The highest BCUT2D eigenvalue weighted by Gasteiger charge is 2.32. The van der Waals surface area contributed by atoms with Crippen LogP contribution in [0, 0.1) is 0 Å². The highest BCUT2D eigenvalue weighted by atomic mass is 16.6. The molecule has 0 aromatic heterocycles. The van der Waals surface area contributed by atoms with Crippen LogP contribution in [-0.2, 0) is 4.74 Å². The molecule has 0 amide bonds. The molecule has 0 saturated carbocycles. The van der Waals surface area contributed by atoms with E-state index in [1.165, 1.54) is 57.8 Å². The van der Waals surface area contributed by atoms with Crippen molar-refractivity contribution in [3.8, 4) is 0 Å². The van der Waals surface area contributed by atoms with E-state index in [1.807, 2.05) is 0 Å². The molecule has 4 unspecified atom stereocenters. The van der Waals surface area contributed by atoms with Gasteiger partial charge in [0, 0.05) is 6.61 Å². The van der Waals surface area contributed by atoms with Crippen molar-refractivity contribution in [3.05, 3.63) is 0 Å². The maximum absolute atomic E-state index is 10.2. The maximum Gasteiger partial charge on any atom is 0.183 e. The van der Waals surface area contributed by atoms with Crippen LogP contribution >= 0.6 is 0 Å². The third-order valence-electron chi connectivity index (χ3n) is 6.11. The topological polar surface area (TPSA) is 177 Å². The Morgan fingerprint density at radius 1 is 0.606 bits per heavy atom. The third kappa shape index (κ3) is 16.0. The molecule has 0 heterocycles. The van der Waals surface area contributed by atoms with Crippen LogP contribution in [0.25, 0.3) is 0 Å². The fourth-order valence-electron chi connectivity index (χ4n) is 3.76. The molecule has 0 bridgehead atoms. The van der Waals surface area contributed by atoms with Gasteiger partial charge in [0.25, 0.3) is 0 Å². The molecule has 0 aliphatic rings. The molecule has 0 fully saturated rings. The standard InChI is InChI=1S/C24H51NO8/c1-2-3-4-5-6-7-8-9-10-11-12-13-14-19(27)21(29)18(25)17-33-24(32)23(31)22(30)20(28)15-16-26/h18-24,26-32H,2-17,25H2,1H3/t18-,19+,20?,21-,22?,23?,24?/m0/s1. The Labute approximate surface area is 199 Å². The summed E-state index contributed by atoms with van der Waals surface area (Å²) in [6, 6.07) is -1.00. The molecule has 0 radical (unpaired) electrons. The van der Waals surface area contributed by atoms with Crippen molar-refractivity contribution in [1.82, 2.24) is 0 Å². The second kappa shape index (κ2) is 21.0. The molecule has 9 heteroatoms. The van der Waals surface area contributed by atoms with E-state index in [-0.39, 0.29) is 13.0 Å². The molecular formula is C24H51NO8. The first-order valence-electron chi connectivity index (χ1n) is 12.8. The van der Waals surface area contributed by atoms with Crippen molar-refractivity contribution in [2.45, 2.75) is 140 Å². The van der Waals surface area contributed by atoms with E-state index in [9.17, 15) is 30.6 Å². The SMILES string of the molecule is CCCCCCCCCCCCCC[C@@H](O)[C@@H](O)[C@@H](N)COC(O)C(O)C(O)C(O)CCO. The smallest absolute Gasteiger partial charge is 0.183 e. The van der Waals surface area contributed by atoms with Crippen LogP contribution < -0.4 is 5.73 Å². The predicted octanol–water partition coefficient (Wildman–Crippen LogP) is 0.927. The predicted molar refractivity (Wildman–Crippen MR) is 127 cm³/mol. The minimum absolute atomic E-state index is 0.172. The fourth-order valence-corrected chi connectivity index (χ4v) is 3.76.